The van der Waals surface area contributed by atoms with Crippen LogP contribution in [0.4, 0.5) is 22.0 Å². The van der Waals surface area contributed by atoms with Crippen molar-refractivity contribution >= 4 is 21.8 Å². The fraction of sp³-hybridized carbons (Fsp3) is 0.122. The van der Waals surface area contributed by atoms with Crippen LogP contribution < -0.4 is 0 Å². The number of nitrogens with zero attached hydrogens (tertiary/aromatic N) is 5. The number of fused-ring (bicyclic) bond motifs is 3. The van der Waals surface area contributed by atoms with Gasteiger partial charge in [0.05, 0.1) is 33.7 Å². The van der Waals surface area contributed by atoms with Gasteiger partial charge in [0.25, 0.3) is 0 Å². The molecule has 0 aliphatic heterocycles. The average molecular weight is 688 g/mol. The number of rotatable bonds is 5. The van der Waals surface area contributed by atoms with Gasteiger partial charge in [0.2, 0.25) is 5.82 Å². The second-order valence-corrected chi connectivity index (χ2v) is 13.5. The van der Waals surface area contributed by atoms with Crippen LogP contribution in [0.15, 0.2) is 109 Å². The second-order valence-electron chi connectivity index (χ2n) is 13.5. The van der Waals surface area contributed by atoms with E-state index in [-0.39, 0.29) is 17.0 Å². The van der Waals surface area contributed by atoms with E-state index in [9.17, 15) is 13.2 Å². The summed E-state index contributed by atoms with van der Waals surface area (Å²) >= 11 is 0. The molecule has 0 saturated carbocycles. The lowest BCUT2D eigenvalue weighted by molar-refractivity contribution is 0.381. The van der Waals surface area contributed by atoms with Gasteiger partial charge < -0.3 is 9.13 Å². The van der Waals surface area contributed by atoms with Gasteiger partial charge >= 0.3 is 0 Å². The minimum absolute atomic E-state index is 0.160. The maximum Gasteiger partial charge on any atom is 0.200 e. The lowest BCUT2D eigenvalue weighted by Crippen LogP contribution is -2.15. The van der Waals surface area contributed by atoms with Crippen LogP contribution in [0.3, 0.4) is 0 Å². The highest BCUT2D eigenvalue weighted by molar-refractivity contribution is 6.10. The Morgan fingerprint density at radius 3 is 1.92 bits per heavy atom. The highest BCUT2D eigenvalue weighted by Crippen LogP contribution is 2.45. The van der Waals surface area contributed by atoms with Gasteiger partial charge in [-0.2, -0.15) is 5.10 Å². The molecular formula is C41H30F5N5. The molecule has 254 valence electrons. The van der Waals surface area contributed by atoms with Crippen LogP contribution in [0.5, 0.6) is 0 Å². The maximum absolute atomic E-state index is 15.7. The number of imidazole rings is 1. The summed E-state index contributed by atoms with van der Waals surface area (Å²) in [6.45, 7) is 5.33. The zero-order valence-corrected chi connectivity index (χ0v) is 28.0. The van der Waals surface area contributed by atoms with Crippen molar-refractivity contribution in [2.24, 2.45) is 7.05 Å². The molecule has 0 spiro atoms. The van der Waals surface area contributed by atoms with Crippen LogP contribution in [0.25, 0.3) is 67.0 Å². The molecule has 0 unspecified atom stereocenters. The Balaban J connectivity index is 1.46. The maximum atomic E-state index is 15.7. The third kappa shape index (κ3) is 5.04. The minimum atomic E-state index is -2.22. The standard InChI is InChI=1S/C41H30F5N5/c1-41(2,3)39-32(31-33(42)35(44)37(46)36(45)34(31)43)38(23-11-6-5-7-12-23)51(48-39)26-17-18-28-27-15-8-9-16-29(27)50(30(28)22-26)25-14-10-13-24(21-25)40-47-19-20-49(40)4/h5-22H,1-4H3. The number of hydrogen-bond donors (Lipinski definition) is 0. The lowest BCUT2D eigenvalue weighted by atomic mass is 9.85. The third-order valence-electron chi connectivity index (χ3n) is 9.19. The molecule has 51 heavy (non-hydrogen) atoms. The number of aromatic nitrogens is 5. The fourth-order valence-corrected chi connectivity index (χ4v) is 6.85. The molecule has 3 aromatic heterocycles. The molecule has 3 heterocycles. The van der Waals surface area contributed by atoms with Crippen molar-refractivity contribution in [3.05, 3.63) is 144 Å². The van der Waals surface area contributed by atoms with Crippen molar-refractivity contribution in [1.82, 2.24) is 23.9 Å². The molecule has 0 atom stereocenters. The van der Waals surface area contributed by atoms with E-state index in [0.29, 0.717) is 11.3 Å². The summed E-state index contributed by atoms with van der Waals surface area (Å²) in [4.78, 5) is 4.53. The Kier molecular flexibility index (Phi) is 7.44. The minimum Gasteiger partial charge on any atom is -0.334 e. The molecule has 0 fully saturated rings. The lowest BCUT2D eigenvalue weighted by Gasteiger charge is -2.19. The van der Waals surface area contributed by atoms with Crippen LogP contribution >= 0.6 is 0 Å². The molecule has 0 bridgehead atoms. The third-order valence-corrected chi connectivity index (χ3v) is 9.19. The van der Waals surface area contributed by atoms with Crippen LogP contribution in [0.2, 0.25) is 0 Å². The van der Waals surface area contributed by atoms with Gasteiger partial charge in [0, 0.05) is 58.0 Å². The van der Waals surface area contributed by atoms with Crippen LogP contribution in [-0.4, -0.2) is 23.9 Å². The molecule has 10 heteroatoms. The first-order valence-corrected chi connectivity index (χ1v) is 16.3. The van der Waals surface area contributed by atoms with Crippen molar-refractivity contribution in [2.45, 2.75) is 26.2 Å². The van der Waals surface area contributed by atoms with Crippen LogP contribution in [-0.2, 0) is 12.5 Å². The van der Waals surface area contributed by atoms with E-state index in [0.717, 1.165) is 38.9 Å². The summed E-state index contributed by atoms with van der Waals surface area (Å²) in [5.74, 6) is -9.29. The predicted octanol–water partition coefficient (Wildman–Crippen LogP) is 10.7. The molecule has 0 saturated heterocycles. The molecular weight excluding hydrogens is 657 g/mol. The monoisotopic (exact) mass is 687 g/mol. The average Bonchev–Trinajstić information content (AvgIpc) is 3.84. The number of para-hydroxylation sites is 1. The highest BCUT2D eigenvalue weighted by atomic mass is 19.2. The van der Waals surface area contributed by atoms with Gasteiger partial charge in [0.15, 0.2) is 23.3 Å². The number of aryl methyl sites for hydroxylation is 1. The largest absolute Gasteiger partial charge is 0.334 e. The van der Waals surface area contributed by atoms with Gasteiger partial charge in [-0.3, -0.25) is 0 Å². The predicted molar refractivity (Wildman–Crippen MR) is 189 cm³/mol. The molecule has 8 aromatic rings. The Labute approximate surface area is 289 Å². The zero-order chi connectivity index (χ0) is 35.8. The van der Waals surface area contributed by atoms with Crippen molar-refractivity contribution in [2.75, 3.05) is 0 Å². The molecule has 0 aliphatic carbocycles. The van der Waals surface area contributed by atoms with E-state index < -0.39 is 40.1 Å². The van der Waals surface area contributed by atoms with Crippen molar-refractivity contribution in [3.8, 4) is 45.1 Å². The number of halogens is 5. The number of hydrogen-bond acceptors (Lipinski definition) is 2. The summed E-state index contributed by atoms with van der Waals surface area (Å²) in [6, 6.07) is 30.5. The summed E-state index contributed by atoms with van der Waals surface area (Å²) in [6.07, 6.45) is 3.63. The molecule has 5 aromatic carbocycles. The molecule has 0 amide bonds. The van der Waals surface area contributed by atoms with E-state index in [4.69, 9.17) is 5.10 Å². The summed E-state index contributed by atoms with van der Waals surface area (Å²) in [7, 11) is 1.93. The van der Waals surface area contributed by atoms with Crippen LogP contribution in [0.1, 0.15) is 26.5 Å². The van der Waals surface area contributed by atoms with E-state index in [1.54, 1.807) is 57.3 Å². The van der Waals surface area contributed by atoms with Gasteiger partial charge in [0.1, 0.15) is 5.82 Å². The second kappa shape index (κ2) is 11.8. The van der Waals surface area contributed by atoms with E-state index >= 15 is 8.78 Å². The summed E-state index contributed by atoms with van der Waals surface area (Å²) < 4.78 is 81.0. The summed E-state index contributed by atoms with van der Waals surface area (Å²) in [5, 5.41) is 6.86. The molecule has 0 radical (unpaired) electrons. The SMILES string of the molecule is Cn1ccnc1-c1cccc(-n2c3ccccc3c3ccc(-n4nc(C(C)(C)C)c(-c5c(F)c(F)c(F)c(F)c5F)c4-c4ccccc4)cc32)c1. The van der Waals surface area contributed by atoms with Gasteiger partial charge in [-0.1, -0.05) is 87.5 Å². The first-order valence-electron chi connectivity index (χ1n) is 16.3. The zero-order valence-electron chi connectivity index (χ0n) is 28.0. The number of benzene rings is 5. The molecule has 0 N–H and O–H groups in total. The van der Waals surface area contributed by atoms with Gasteiger partial charge in [-0.05, 0) is 30.3 Å². The molecule has 0 aliphatic rings. The van der Waals surface area contributed by atoms with Gasteiger partial charge in [-0.15, -0.1) is 0 Å². The van der Waals surface area contributed by atoms with Crippen molar-refractivity contribution in [1.29, 1.82) is 0 Å². The topological polar surface area (TPSA) is 40.6 Å². The van der Waals surface area contributed by atoms with E-state index in [1.807, 2.05) is 78.5 Å². The Morgan fingerprint density at radius 1 is 0.588 bits per heavy atom. The van der Waals surface area contributed by atoms with Crippen molar-refractivity contribution in [3.63, 3.8) is 0 Å². The summed E-state index contributed by atoms with van der Waals surface area (Å²) in [5.41, 5.74) is 2.81. The molecule has 5 nitrogen and oxygen atoms in total. The first-order chi connectivity index (χ1) is 24.5. The van der Waals surface area contributed by atoms with Crippen molar-refractivity contribution < 1.29 is 22.0 Å². The normalized spacial score (nSPS) is 12.0. The Hall–Kier alpha value is -6.03. The highest BCUT2D eigenvalue weighted by Gasteiger charge is 2.36. The quantitative estimate of drug-likeness (QED) is 0.103. The Bertz CT molecular complexity index is 2610. The van der Waals surface area contributed by atoms with Gasteiger partial charge in [-0.25, -0.2) is 31.6 Å². The first kappa shape index (κ1) is 32.2. The Morgan fingerprint density at radius 2 is 1.24 bits per heavy atom. The van der Waals surface area contributed by atoms with E-state index in [2.05, 4.69) is 15.6 Å². The fourth-order valence-electron chi connectivity index (χ4n) is 6.85. The smallest absolute Gasteiger partial charge is 0.200 e. The molecule has 8 rings (SSSR count). The van der Waals surface area contributed by atoms with Crippen LogP contribution in [0, 0.1) is 29.1 Å². The van der Waals surface area contributed by atoms with E-state index in [1.165, 1.54) is 4.68 Å².